The fourth-order valence-electron chi connectivity index (χ4n) is 1.93. The van der Waals surface area contributed by atoms with Crippen LogP contribution in [-0.2, 0) is 0 Å². The van der Waals surface area contributed by atoms with Crippen LogP contribution in [0.25, 0.3) is 0 Å². The van der Waals surface area contributed by atoms with E-state index in [4.69, 9.17) is 5.26 Å². The highest BCUT2D eigenvalue weighted by Crippen LogP contribution is 2.44. The van der Waals surface area contributed by atoms with Crippen LogP contribution < -0.4 is 0 Å². The van der Waals surface area contributed by atoms with E-state index >= 15 is 0 Å². The minimum atomic E-state index is 0.603. The molecule has 0 heterocycles. The van der Waals surface area contributed by atoms with Crippen LogP contribution in [0.15, 0.2) is 30.9 Å². The molecule has 0 atom stereocenters. The van der Waals surface area contributed by atoms with Crippen molar-refractivity contribution in [3.8, 4) is 6.07 Å². The number of allylic oxidation sites excluding steroid dienone is 1. The quantitative estimate of drug-likeness (QED) is 0.725. The van der Waals surface area contributed by atoms with Gasteiger partial charge in [-0.05, 0) is 36.0 Å². The maximum Gasteiger partial charge on any atom is 0.0994 e. The molecular weight excluding hydrogens is 182 g/mol. The summed E-state index contributed by atoms with van der Waals surface area (Å²) in [6.07, 6.45) is 4.30. The van der Waals surface area contributed by atoms with Crippen LogP contribution >= 0.6 is 0 Å². The largest absolute Gasteiger partial charge is 0.192 e. The first-order valence-corrected chi connectivity index (χ1v) is 5.27. The molecule has 0 N–H and O–H groups in total. The zero-order chi connectivity index (χ0) is 10.8. The van der Waals surface area contributed by atoms with Gasteiger partial charge < -0.3 is 0 Å². The van der Waals surface area contributed by atoms with E-state index in [1.807, 2.05) is 18.2 Å². The highest BCUT2D eigenvalue weighted by atomic mass is 14.3. The van der Waals surface area contributed by atoms with Crippen molar-refractivity contribution in [3.05, 3.63) is 53.5 Å². The third-order valence-electron chi connectivity index (χ3n) is 2.94. The summed E-state index contributed by atoms with van der Waals surface area (Å²) in [5.74, 6) is 1.76. The van der Waals surface area contributed by atoms with E-state index in [2.05, 4.69) is 25.6 Å². The monoisotopic (exact) mass is 196 g/mol. The van der Waals surface area contributed by atoms with Crippen LogP contribution in [0.1, 0.15) is 42.4 Å². The summed E-state index contributed by atoms with van der Waals surface area (Å²) < 4.78 is 0. The second kappa shape index (κ2) is 3.90. The smallest absolute Gasteiger partial charge is 0.0994 e. The number of rotatable bonds is 3. The molecule has 1 aliphatic carbocycles. The Bertz CT molecular complexity index is 421. The molecule has 1 aromatic rings. The zero-order valence-corrected chi connectivity index (χ0v) is 8.96. The SMILES string of the molecule is C=C[C](C)c1cccc(C#N)c1C1CC1. The van der Waals surface area contributed by atoms with Crippen molar-refractivity contribution in [1.82, 2.24) is 0 Å². The minimum absolute atomic E-state index is 0.603. The third kappa shape index (κ3) is 1.80. The van der Waals surface area contributed by atoms with E-state index in [9.17, 15) is 0 Å². The number of benzene rings is 1. The molecule has 1 nitrogen and oxygen atoms in total. The molecular formula is C14H14N. The maximum absolute atomic E-state index is 9.09. The Balaban J connectivity index is 2.53. The Morgan fingerprint density at radius 3 is 2.80 bits per heavy atom. The summed E-state index contributed by atoms with van der Waals surface area (Å²) in [4.78, 5) is 0. The number of hydrogen-bond donors (Lipinski definition) is 0. The fourth-order valence-corrected chi connectivity index (χ4v) is 1.93. The maximum atomic E-state index is 9.09. The van der Waals surface area contributed by atoms with Gasteiger partial charge in [0.15, 0.2) is 0 Å². The summed E-state index contributed by atoms with van der Waals surface area (Å²) >= 11 is 0. The van der Waals surface area contributed by atoms with Gasteiger partial charge >= 0.3 is 0 Å². The Morgan fingerprint density at radius 2 is 2.27 bits per heavy atom. The topological polar surface area (TPSA) is 23.8 Å². The molecule has 75 valence electrons. The van der Waals surface area contributed by atoms with Crippen LogP contribution in [0.4, 0.5) is 0 Å². The number of hydrogen-bond acceptors (Lipinski definition) is 1. The molecule has 1 fully saturated rings. The van der Waals surface area contributed by atoms with E-state index in [1.165, 1.54) is 24.0 Å². The summed E-state index contributed by atoms with van der Waals surface area (Å²) in [5.41, 5.74) is 3.26. The van der Waals surface area contributed by atoms with Gasteiger partial charge in [0, 0.05) is 5.92 Å². The van der Waals surface area contributed by atoms with Crippen LogP contribution in [-0.4, -0.2) is 0 Å². The van der Waals surface area contributed by atoms with Gasteiger partial charge in [0.25, 0.3) is 0 Å². The van der Waals surface area contributed by atoms with Crippen molar-refractivity contribution in [3.63, 3.8) is 0 Å². The predicted molar refractivity (Wildman–Crippen MR) is 61.3 cm³/mol. The van der Waals surface area contributed by atoms with E-state index in [0.717, 1.165) is 11.5 Å². The van der Waals surface area contributed by atoms with Crippen molar-refractivity contribution in [2.45, 2.75) is 25.7 Å². The highest BCUT2D eigenvalue weighted by Gasteiger charge is 2.29. The van der Waals surface area contributed by atoms with Gasteiger partial charge in [-0.1, -0.05) is 25.1 Å². The third-order valence-corrected chi connectivity index (χ3v) is 2.94. The lowest BCUT2D eigenvalue weighted by Crippen LogP contribution is -1.99. The molecule has 1 aliphatic rings. The lowest BCUT2D eigenvalue weighted by Gasteiger charge is -2.13. The first-order chi connectivity index (χ1) is 7.27. The summed E-state index contributed by atoms with van der Waals surface area (Å²) in [6, 6.07) is 8.24. The van der Waals surface area contributed by atoms with Crippen molar-refractivity contribution in [1.29, 1.82) is 5.26 Å². The molecule has 0 amide bonds. The molecule has 0 aromatic heterocycles. The number of nitriles is 1. The molecule has 1 aromatic carbocycles. The van der Waals surface area contributed by atoms with Gasteiger partial charge in [0.1, 0.15) is 0 Å². The van der Waals surface area contributed by atoms with Gasteiger partial charge in [-0.25, -0.2) is 0 Å². The molecule has 1 heteroatoms. The van der Waals surface area contributed by atoms with Crippen molar-refractivity contribution >= 4 is 0 Å². The summed E-state index contributed by atoms with van der Waals surface area (Å²) in [5, 5.41) is 9.09. The molecule has 0 saturated heterocycles. The second-order valence-corrected chi connectivity index (χ2v) is 4.04. The zero-order valence-electron chi connectivity index (χ0n) is 8.96. The molecule has 0 aliphatic heterocycles. The average Bonchev–Trinajstić information content (AvgIpc) is 3.10. The second-order valence-electron chi connectivity index (χ2n) is 4.04. The molecule has 0 bridgehead atoms. The van der Waals surface area contributed by atoms with E-state index in [-0.39, 0.29) is 0 Å². The van der Waals surface area contributed by atoms with Crippen molar-refractivity contribution < 1.29 is 0 Å². The summed E-state index contributed by atoms with van der Waals surface area (Å²) in [7, 11) is 0. The Kier molecular flexibility index (Phi) is 2.60. The van der Waals surface area contributed by atoms with Crippen LogP contribution in [0.2, 0.25) is 0 Å². The lowest BCUT2D eigenvalue weighted by molar-refractivity contribution is 1.06. The van der Waals surface area contributed by atoms with Gasteiger partial charge in [-0.2, -0.15) is 5.26 Å². The Labute approximate surface area is 91.0 Å². The van der Waals surface area contributed by atoms with Gasteiger partial charge in [0.05, 0.1) is 11.6 Å². The van der Waals surface area contributed by atoms with Crippen molar-refractivity contribution in [2.24, 2.45) is 0 Å². The first kappa shape index (κ1) is 9.98. The van der Waals surface area contributed by atoms with Crippen LogP contribution in [0, 0.1) is 17.2 Å². The average molecular weight is 196 g/mol. The first-order valence-electron chi connectivity index (χ1n) is 5.27. The molecule has 1 radical (unpaired) electrons. The number of nitrogens with zero attached hydrogens (tertiary/aromatic N) is 1. The molecule has 2 rings (SSSR count). The van der Waals surface area contributed by atoms with E-state index < -0.39 is 0 Å². The molecule has 15 heavy (non-hydrogen) atoms. The van der Waals surface area contributed by atoms with Crippen LogP contribution in [0.3, 0.4) is 0 Å². The van der Waals surface area contributed by atoms with Gasteiger partial charge in [-0.3, -0.25) is 0 Å². The Hall–Kier alpha value is -1.55. The summed E-state index contributed by atoms with van der Waals surface area (Å²) in [6.45, 7) is 5.84. The fraction of sp³-hybridized carbons (Fsp3) is 0.286. The molecule has 0 unspecified atom stereocenters. The van der Waals surface area contributed by atoms with E-state index in [1.54, 1.807) is 0 Å². The Morgan fingerprint density at radius 1 is 1.53 bits per heavy atom. The molecule has 1 saturated carbocycles. The van der Waals surface area contributed by atoms with Crippen LogP contribution in [0.5, 0.6) is 0 Å². The molecule has 0 spiro atoms. The van der Waals surface area contributed by atoms with E-state index in [0.29, 0.717) is 5.92 Å². The normalized spacial score (nSPS) is 15.0. The van der Waals surface area contributed by atoms with Crippen molar-refractivity contribution in [2.75, 3.05) is 0 Å². The minimum Gasteiger partial charge on any atom is -0.192 e. The lowest BCUT2D eigenvalue weighted by atomic mass is 9.90. The predicted octanol–water partition coefficient (Wildman–Crippen LogP) is 3.56. The standard InChI is InChI=1S/C14H14N/c1-3-10(2)13-6-4-5-12(9-15)14(13)11-7-8-11/h3-6,11H,1,7-8H2,2H3. The van der Waals surface area contributed by atoms with Gasteiger partial charge in [-0.15, -0.1) is 6.58 Å². The van der Waals surface area contributed by atoms with Gasteiger partial charge in [0.2, 0.25) is 0 Å². The highest BCUT2D eigenvalue weighted by molar-refractivity contribution is 5.53.